The molecule has 3 aromatic carbocycles. The van der Waals surface area contributed by atoms with Crippen LogP contribution in [-0.4, -0.2) is 40.6 Å². The van der Waals surface area contributed by atoms with Gasteiger partial charge in [0.2, 0.25) is 0 Å². The van der Waals surface area contributed by atoms with E-state index in [9.17, 15) is 14.4 Å². The van der Waals surface area contributed by atoms with Crippen molar-refractivity contribution in [3.05, 3.63) is 101 Å². The summed E-state index contributed by atoms with van der Waals surface area (Å²) in [5, 5.41) is 2.98. The number of likely N-dealkylation sites (tertiary alicyclic amines) is 1. The summed E-state index contributed by atoms with van der Waals surface area (Å²) < 4.78 is 0. The number of piperidine rings is 1. The van der Waals surface area contributed by atoms with Crippen LogP contribution in [0.25, 0.3) is 0 Å². The molecule has 172 valence electrons. The number of amides is 3. The van der Waals surface area contributed by atoms with Crippen LogP contribution in [0.2, 0.25) is 0 Å². The Hall–Kier alpha value is -3.77. The fourth-order valence-corrected chi connectivity index (χ4v) is 4.70. The van der Waals surface area contributed by atoms with Crippen molar-refractivity contribution >= 4 is 23.4 Å². The minimum atomic E-state index is -0.305. The number of hydrogen-bond acceptors (Lipinski definition) is 4. The quantitative estimate of drug-likeness (QED) is 0.549. The van der Waals surface area contributed by atoms with Crippen molar-refractivity contribution in [2.24, 2.45) is 0 Å². The van der Waals surface area contributed by atoms with Gasteiger partial charge in [-0.05, 0) is 73.5 Å². The van der Waals surface area contributed by atoms with Crippen molar-refractivity contribution in [2.75, 3.05) is 18.4 Å². The van der Waals surface area contributed by atoms with E-state index >= 15 is 0 Å². The molecule has 0 atom stereocenters. The van der Waals surface area contributed by atoms with Crippen LogP contribution >= 0.6 is 0 Å². The maximum Gasteiger partial charge on any atom is 0.261 e. The van der Waals surface area contributed by atoms with Crippen LogP contribution in [0.1, 0.15) is 61.5 Å². The monoisotopic (exact) mass is 453 g/mol. The molecule has 1 fully saturated rings. The third-order valence-electron chi connectivity index (χ3n) is 6.45. The Morgan fingerprint density at radius 2 is 1.38 bits per heavy atom. The van der Waals surface area contributed by atoms with E-state index in [0.29, 0.717) is 16.7 Å². The highest BCUT2D eigenvalue weighted by Gasteiger charge is 2.35. The lowest BCUT2D eigenvalue weighted by Gasteiger charge is -2.26. The van der Waals surface area contributed by atoms with E-state index in [0.717, 1.165) is 30.9 Å². The molecule has 0 unspecified atom stereocenters. The molecule has 2 aliphatic rings. The molecule has 0 spiro atoms. The SMILES string of the molecule is O=C(Nc1cccc(CN2CCCCC2)c1)c1cccc(CN2C(=O)c3ccccc3C2=O)c1. The fraction of sp³-hybridized carbons (Fsp3) is 0.250. The van der Waals surface area contributed by atoms with Crippen LogP contribution in [0.3, 0.4) is 0 Å². The normalized spacial score (nSPS) is 15.9. The summed E-state index contributed by atoms with van der Waals surface area (Å²) in [5.74, 6) is -0.832. The van der Waals surface area contributed by atoms with E-state index in [1.165, 1.54) is 29.7 Å². The second-order valence-corrected chi connectivity index (χ2v) is 8.93. The van der Waals surface area contributed by atoms with Gasteiger partial charge < -0.3 is 5.32 Å². The summed E-state index contributed by atoms with van der Waals surface area (Å²) in [6.45, 7) is 3.26. The van der Waals surface area contributed by atoms with Crippen LogP contribution in [0.5, 0.6) is 0 Å². The van der Waals surface area contributed by atoms with Gasteiger partial charge in [-0.15, -0.1) is 0 Å². The van der Waals surface area contributed by atoms with E-state index in [1.54, 1.807) is 42.5 Å². The molecular formula is C28H27N3O3. The first-order chi connectivity index (χ1) is 16.6. The second-order valence-electron chi connectivity index (χ2n) is 8.93. The average Bonchev–Trinajstić information content (AvgIpc) is 3.10. The van der Waals surface area contributed by atoms with E-state index in [-0.39, 0.29) is 24.3 Å². The largest absolute Gasteiger partial charge is 0.322 e. The van der Waals surface area contributed by atoms with Crippen molar-refractivity contribution in [2.45, 2.75) is 32.4 Å². The molecule has 34 heavy (non-hydrogen) atoms. The van der Waals surface area contributed by atoms with Crippen molar-refractivity contribution in [3.8, 4) is 0 Å². The van der Waals surface area contributed by atoms with Gasteiger partial charge in [0.05, 0.1) is 17.7 Å². The van der Waals surface area contributed by atoms with E-state index < -0.39 is 0 Å². The van der Waals surface area contributed by atoms with Crippen molar-refractivity contribution in [1.29, 1.82) is 0 Å². The van der Waals surface area contributed by atoms with Crippen molar-refractivity contribution < 1.29 is 14.4 Å². The number of fused-ring (bicyclic) bond motifs is 1. The molecule has 6 heteroatoms. The predicted molar refractivity (Wildman–Crippen MR) is 131 cm³/mol. The standard InChI is InChI=1S/C28H27N3O3/c32-26(29-23-11-7-9-21(17-23)18-30-14-4-1-5-15-30)22-10-6-8-20(16-22)19-31-27(33)24-12-2-3-13-25(24)28(31)34/h2-3,6-13,16-17H,1,4-5,14-15,18-19H2,(H,29,32). The van der Waals surface area contributed by atoms with Crippen LogP contribution in [-0.2, 0) is 13.1 Å². The number of nitrogens with zero attached hydrogens (tertiary/aromatic N) is 2. The fourth-order valence-electron chi connectivity index (χ4n) is 4.70. The van der Waals surface area contributed by atoms with Gasteiger partial charge in [-0.25, -0.2) is 0 Å². The van der Waals surface area contributed by atoms with Gasteiger partial charge in [0.15, 0.2) is 0 Å². The lowest BCUT2D eigenvalue weighted by atomic mass is 10.1. The van der Waals surface area contributed by atoms with Crippen molar-refractivity contribution in [1.82, 2.24) is 9.80 Å². The molecule has 0 bridgehead atoms. The minimum Gasteiger partial charge on any atom is -0.322 e. The Morgan fingerprint density at radius 3 is 2.09 bits per heavy atom. The molecular weight excluding hydrogens is 426 g/mol. The number of imide groups is 1. The maximum atomic E-state index is 12.9. The predicted octanol–water partition coefficient (Wildman–Crippen LogP) is 4.72. The highest BCUT2D eigenvalue weighted by molar-refractivity contribution is 6.21. The van der Waals surface area contributed by atoms with Gasteiger partial charge in [0, 0.05) is 17.8 Å². The smallest absolute Gasteiger partial charge is 0.261 e. The highest BCUT2D eigenvalue weighted by Crippen LogP contribution is 2.24. The van der Waals surface area contributed by atoms with Crippen LogP contribution < -0.4 is 5.32 Å². The molecule has 0 radical (unpaired) electrons. The first-order valence-electron chi connectivity index (χ1n) is 11.8. The molecule has 0 aliphatic carbocycles. The minimum absolute atomic E-state index is 0.124. The molecule has 2 heterocycles. The Balaban J connectivity index is 1.26. The molecule has 0 saturated carbocycles. The van der Waals surface area contributed by atoms with E-state index in [4.69, 9.17) is 0 Å². The van der Waals surface area contributed by atoms with Gasteiger partial charge in [-0.3, -0.25) is 24.2 Å². The Bertz CT molecular complexity index is 1210. The van der Waals surface area contributed by atoms with Crippen molar-refractivity contribution in [3.63, 3.8) is 0 Å². The number of carbonyl (C=O) groups excluding carboxylic acids is 3. The summed E-state index contributed by atoms with van der Waals surface area (Å²) in [6, 6.07) is 21.9. The molecule has 3 amide bonds. The van der Waals surface area contributed by atoms with Gasteiger partial charge in [0.1, 0.15) is 0 Å². The summed E-state index contributed by atoms with van der Waals surface area (Å²) in [5.41, 5.74) is 3.98. The first kappa shape index (κ1) is 22.0. The molecule has 2 aliphatic heterocycles. The van der Waals surface area contributed by atoms with Gasteiger partial charge >= 0.3 is 0 Å². The summed E-state index contributed by atoms with van der Waals surface area (Å²) >= 11 is 0. The van der Waals surface area contributed by atoms with Crippen LogP contribution in [0.15, 0.2) is 72.8 Å². The third kappa shape index (κ3) is 4.63. The first-order valence-corrected chi connectivity index (χ1v) is 11.8. The number of rotatable bonds is 6. The molecule has 1 saturated heterocycles. The molecule has 1 N–H and O–H groups in total. The van der Waals surface area contributed by atoms with Gasteiger partial charge in [-0.2, -0.15) is 0 Å². The van der Waals surface area contributed by atoms with E-state index in [1.807, 2.05) is 24.3 Å². The van der Waals surface area contributed by atoms with E-state index in [2.05, 4.69) is 16.3 Å². The van der Waals surface area contributed by atoms with Gasteiger partial charge in [0.25, 0.3) is 17.7 Å². The number of anilines is 1. The second kappa shape index (κ2) is 9.61. The number of benzene rings is 3. The van der Waals surface area contributed by atoms with Crippen LogP contribution in [0, 0.1) is 0 Å². The topological polar surface area (TPSA) is 69.7 Å². The molecule has 6 nitrogen and oxygen atoms in total. The molecule has 3 aromatic rings. The zero-order valence-corrected chi connectivity index (χ0v) is 19.0. The lowest BCUT2D eigenvalue weighted by Crippen LogP contribution is -2.29. The Morgan fingerprint density at radius 1 is 0.735 bits per heavy atom. The summed E-state index contributed by atoms with van der Waals surface area (Å²) in [6.07, 6.45) is 3.79. The molecule has 0 aromatic heterocycles. The summed E-state index contributed by atoms with van der Waals surface area (Å²) in [4.78, 5) is 42.0. The average molecular weight is 454 g/mol. The molecule has 5 rings (SSSR count). The number of nitrogens with one attached hydrogen (secondary N) is 1. The number of hydrogen-bond donors (Lipinski definition) is 1. The number of carbonyl (C=O) groups is 3. The lowest BCUT2D eigenvalue weighted by molar-refractivity contribution is 0.0642. The summed E-state index contributed by atoms with van der Waals surface area (Å²) in [7, 11) is 0. The maximum absolute atomic E-state index is 12.9. The van der Waals surface area contributed by atoms with Gasteiger partial charge in [-0.1, -0.05) is 42.8 Å². The highest BCUT2D eigenvalue weighted by atomic mass is 16.2. The Labute approximate surface area is 199 Å². The third-order valence-corrected chi connectivity index (χ3v) is 6.45. The van der Waals surface area contributed by atoms with Crippen LogP contribution in [0.4, 0.5) is 5.69 Å². The zero-order chi connectivity index (χ0) is 23.5. The zero-order valence-electron chi connectivity index (χ0n) is 19.0. The Kier molecular flexibility index (Phi) is 6.23.